The molecule has 0 aromatic carbocycles. The maximum atomic E-state index is 12.9. The summed E-state index contributed by atoms with van der Waals surface area (Å²) in [5, 5.41) is 53.8. The smallest absolute Gasteiger partial charge is 0.220 e. The van der Waals surface area contributed by atoms with Gasteiger partial charge in [-0.1, -0.05) is 127 Å². The molecule has 1 aliphatic rings. The largest absolute Gasteiger partial charge is 0.394 e. The summed E-state index contributed by atoms with van der Waals surface area (Å²) >= 11 is 0. The number of nitrogens with one attached hydrogen (secondary N) is 1. The predicted octanol–water partition coefficient (Wildman–Crippen LogP) is 7.11. The van der Waals surface area contributed by atoms with Crippen LogP contribution in [-0.4, -0.2) is 87.5 Å². The van der Waals surface area contributed by atoms with Crippen LogP contribution in [0.25, 0.3) is 0 Å². The van der Waals surface area contributed by atoms with Gasteiger partial charge in [0.15, 0.2) is 6.29 Å². The monoisotopic (exact) mass is 708 g/mol. The Labute approximate surface area is 303 Å². The molecule has 1 amide bonds. The van der Waals surface area contributed by atoms with Crippen LogP contribution in [0.3, 0.4) is 0 Å². The van der Waals surface area contributed by atoms with Gasteiger partial charge in [0.2, 0.25) is 5.91 Å². The summed E-state index contributed by atoms with van der Waals surface area (Å²) in [6, 6.07) is -0.827. The number of hydrogen-bond acceptors (Lipinski definition) is 8. The average molecular weight is 708 g/mol. The van der Waals surface area contributed by atoms with Crippen LogP contribution in [-0.2, 0) is 14.3 Å². The summed E-state index contributed by atoms with van der Waals surface area (Å²) in [6.07, 6.45) is 31.6. The van der Waals surface area contributed by atoms with E-state index in [0.717, 1.165) is 64.2 Å². The van der Waals surface area contributed by atoms with E-state index in [1.807, 2.05) is 6.08 Å². The molecule has 50 heavy (non-hydrogen) atoms. The van der Waals surface area contributed by atoms with Crippen molar-refractivity contribution in [2.24, 2.45) is 0 Å². The van der Waals surface area contributed by atoms with Crippen LogP contribution in [0.4, 0.5) is 0 Å². The average Bonchev–Trinajstić information content (AvgIpc) is 3.11. The molecule has 1 saturated heterocycles. The molecule has 0 bridgehead atoms. The fraction of sp³-hybridized carbons (Fsp3) is 0.780. The standard InChI is InChI=1S/C41H73NO8/c1-3-5-7-9-11-13-15-16-17-18-19-20-21-23-25-27-29-31-37(45)42-34(33-49-41-40(48)39(47)38(46)36(32-43)50-41)35(44)30-28-26-24-22-14-12-10-8-6-4-2/h6,8,14,16-17,22,28,30,34-36,38-41,43-44,46-48H,3-5,7,9-13,15,18-21,23-27,29,31-33H2,1-2H3,(H,42,45)/b8-6+,17-16-,22-14+,30-28+. The summed E-state index contributed by atoms with van der Waals surface area (Å²) in [7, 11) is 0. The molecule has 9 nitrogen and oxygen atoms in total. The Kier molecular flexibility index (Phi) is 29.4. The minimum atomic E-state index is -1.57. The molecule has 9 heteroatoms. The molecule has 1 aliphatic heterocycles. The van der Waals surface area contributed by atoms with E-state index in [1.54, 1.807) is 6.08 Å². The summed E-state index contributed by atoms with van der Waals surface area (Å²) in [6.45, 7) is 3.59. The molecule has 1 rings (SSSR count). The molecule has 1 heterocycles. The molecule has 0 saturated carbocycles. The van der Waals surface area contributed by atoms with Crippen LogP contribution in [0.15, 0.2) is 48.6 Å². The van der Waals surface area contributed by atoms with Gasteiger partial charge in [-0.2, -0.15) is 0 Å². The van der Waals surface area contributed by atoms with E-state index in [-0.39, 0.29) is 12.5 Å². The van der Waals surface area contributed by atoms with E-state index in [1.165, 1.54) is 64.2 Å². The van der Waals surface area contributed by atoms with Crippen molar-refractivity contribution in [1.29, 1.82) is 0 Å². The zero-order valence-electron chi connectivity index (χ0n) is 31.4. The van der Waals surface area contributed by atoms with E-state index in [9.17, 15) is 30.3 Å². The predicted molar refractivity (Wildman–Crippen MR) is 203 cm³/mol. The quantitative estimate of drug-likeness (QED) is 0.0330. The van der Waals surface area contributed by atoms with Crippen molar-refractivity contribution < 1.29 is 39.8 Å². The summed E-state index contributed by atoms with van der Waals surface area (Å²) < 4.78 is 11.1. The number of hydrogen-bond donors (Lipinski definition) is 6. The SMILES string of the molecule is CC/C=C/CC/C=C/CC/C=C/C(O)C(COC1OC(CO)C(O)C(O)C1O)NC(=O)CCCCCCCCC/C=C\CCCCCCCC. The van der Waals surface area contributed by atoms with Gasteiger partial charge in [-0.25, -0.2) is 0 Å². The third kappa shape index (κ3) is 22.9. The van der Waals surface area contributed by atoms with Crippen LogP contribution in [0, 0.1) is 0 Å². The molecule has 290 valence electrons. The molecule has 0 aromatic heterocycles. The molecule has 6 N–H and O–H groups in total. The highest BCUT2D eigenvalue weighted by molar-refractivity contribution is 5.76. The van der Waals surface area contributed by atoms with E-state index >= 15 is 0 Å². The first-order valence-electron chi connectivity index (χ1n) is 19.9. The Morgan fingerprint density at radius 1 is 0.680 bits per heavy atom. The first kappa shape index (κ1) is 46.2. The van der Waals surface area contributed by atoms with Gasteiger partial charge in [-0.3, -0.25) is 4.79 Å². The van der Waals surface area contributed by atoms with Crippen LogP contribution in [0.5, 0.6) is 0 Å². The number of carbonyl (C=O) groups is 1. The van der Waals surface area contributed by atoms with Crippen molar-refractivity contribution in [3.8, 4) is 0 Å². The molecular formula is C41H73NO8. The van der Waals surface area contributed by atoms with Crippen molar-refractivity contribution in [3.05, 3.63) is 48.6 Å². The molecular weight excluding hydrogens is 634 g/mol. The molecule has 7 unspecified atom stereocenters. The molecule has 0 aromatic rings. The minimum Gasteiger partial charge on any atom is -0.394 e. The fourth-order valence-electron chi connectivity index (χ4n) is 5.89. The third-order valence-electron chi connectivity index (χ3n) is 9.12. The maximum Gasteiger partial charge on any atom is 0.220 e. The summed E-state index contributed by atoms with van der Waals surface area (Å²) in [5.41, 5.74) is 0. The second kappa shape index (κ2) is 31.9. The lowest BCUT2D eigenvalue weighted by Crippen LogP contribution is -2.60. The van der Waals surface area contributed by atoms with Crippen molar-refractivity contribution in [2.75, 3.05) is 13.2 Å². The van der Waals surface area contributed by atoms with Crippen LogP contribution < -0.4 is 5.32 Å². The second-order valence-electron chi connectivity index (χ2n) is 13.7. The van der Waals surface area contributed by atoms with Gasteiger partial charge in [0.25, 0.3) is 0 Å². The van der Waals surface area contributed by atoms with Gasteiger partial charge in [0, 0.05) is 6.42 Å². The van der Waals surface area contributed by atoms with Crippen molar-refractivity contribution in [2.45, 2.75) is 192 Å². The topological polar surface area (TPSA) is 149 Å². The maximum absolute atomic E-state index is 12.9. The lowest BCUT2D eigenvalue weighted by atomic mass is 9.99. The van der Waals surface area contributed by atoms with Crippen LogP contribution >= 0.6 is 0 Å². The van der Waals surface area contributed by atoms with Gasteiger partial charge < -0.3 is 40.3 Å². The highest BCUT2D eigenvalue weighted by Gasteiger charge is 2.44. The van der Waals surface area contributed by atoms with Crippen LogP contribution in [0.1, 0.15) is 149 Å². The van der Waals surface area contributed by atoms with E-state index in [4.69, 9.17) is 9.47 Å². The Morgan fingerprint density at radius 2 is 1.20 bits per heavy atom. The number of allylic oxidation sites excluding steroid dienone is 7. The number of ether oxygens (including phenoxy) is 2. The Bertz CT molecular complexity index is 920. The zero-order chi connectivity index (χ0) is 36.7. The van der Waals surface area contributed by atoms with Gasteiger partial charge in [0.1, 0.15) is 24.4 Å². The minimum absolute atomic E-state index is 0.201. The van der Waals surface area contributed by atoms with Crippen molar-refractivity contribution in [1.82, 2.24) is 5.32 Å². The number of carbonyl (C=O) groups excluding carboxylic acids is 1. The van der Waals surface area contributed by atoms with Crippen molar-refractivity contribution in [3.63, 3.8) is 0 Å². The van der Waals surface area contributed by atoms with E-state index < -0.39 is 49.5 Å². The number of rotatable bonds is 31. The van der Waals surface area contributed by atoms with Crippen LogP contribution in [0.2, 0.25) is 0 Å². The lowest BCUT2D eigenvalue weighted by Gasteiger charge is -2.40. The highest BCUT2D eigenvalue weighted by atomic mass is 16.7. The van der Waals surface area contributed by atoms with E-state index in [2.05, 4.69) is 55.6 Å². The third-order valence-corrected chi connectivity index (χ3v) is 9.12. The fourth-order valence-corrected chi connectivity index (χ4v) is 5.89. The van der Waals surface area contributed by atoms with Gasteiger partial charge in [0.05, 0.1) is 25.4 Å². The first-order chi connectivity index (χ1) is 24.3. The lowest BCUT2D eigenvalue weighted by molar-refractivity contribution is -0.302. The number of aliphatic hydroxyl groups excluding tert-OH is 5. The molecule has 0 spiro atoms. The molecule has 0 radical (unpaired) electrons. The molecule has 7 atom stereocenters. The molecule has 0 aliphatic carbocycles. The first-order valence-corrected chi connectivity index (χ1v) is 19.9. The Hall–Kier alpha value is -1.85. The molecule has 1 fully saturated rings. The number of aliphatic hydroxyl groups is 5. The Balaban J connectivity index is 2.42. The van der Waals surface area contributed by atoms with Gasteiger partial charge >= 0.3 is 0 Å². The number of unbranched alkanes of at least 4 members (excludes halogenated alkanes) is 15. The van der Waals surface area contributed by atoms with Gasteiger partial charge in [-0.15, -0.1) is 0 Å². The second-order valence-corrected chi connectivity index (χ2v) is 13.7. The number of amides is 1. The van der Waals surface area contributed by atoms with Crippen molar-refractivity contribution >= 4 is 5.91 Å². The summed E-state index contributed by atoms with van der Waals surface area (Å²) in [4.78, 5) is 12.9. The zero-order valence-corrected chi connectivity index (χ0v) is 31.4. The highest BCUT2D eigenvalue weighted by Crippen LogP contribution is 2.22. The normalized spacial score (nSPS) is 22.7. The Morgan fingerprint density at radius 3 is 1.78 bits per heavy atom. The van der Waals surface area contributed by atoms with Gasteiger partial charge in [-0.05, 0) is 64.2 Å². The summed E-state index contributed by atoms with van der Waals surface area (Å²) in [5.74, 6) is -0.201. The van der Waals surface area contributed by atoms with E-state index in [0.29, 0.717) is 6.42 Å².